The maximum atomic E-state index is 11.7. The SMILES string of the molecule is Cc1cccc2c1cnn2CCC(=O)NCC(C)C. The number of benzene rings is 1. The molecule has 0 spiro atoms. The van der Waals surface area contributed by atoms with Crippen LogP contribution in [0.25, 0.3) is 10.9 Å². The lowest BCUT2D eigenvalue weighted by Crippen LogP contribution is -2.28. The van der Waals surface area contributed by atoms with Crippen LogP contribution in [0.3, 0.4) is 0 Å². The number of hydrogen-bond donors (Lipinski definition) is 1. The van der Waals surface area contributed by atoms with E-state index in [1.807, 2.05) is 23.0 Å². The van der Waals surface area contributed by atoms with Gasteiger partial charge in [0.25, 0.3) is 0 Å². The Kier molecular flexibility index (Phi) is 4.20. The molecule has 2 rings (SSSR count). The molecular weight excluding hydrogens is 238 g/mol. The summed E-state index contributed by atoms with van der Waals surface area (Å²) in [4.78, 5) is 11.7. The second kappa shape index (κ2) is 5.87. The van der Waals surface area contributed by atoms with Crippen molar-refractivity contribution in [2.45, 2.75) is 33.7 Å². The van der Waals surface area contributed by atoms with E-state index >= 15 is 0 Å². The van der Waals surface area contributed by atoms with Gasteiger partial charge in [-0.2, -0.15) is 5.10 Å². The van der Waals surface area contributed by atoms with Crippen LogP contribution in [0.1, 0.15) is 25.8 Å². The summed E-state index contributed by atoms with van der Waals surface area (Å²) in [7, 11) is 0. The molecule has 102 valence electrons. The Morgan fingerprint density at radius 2 is 2.21 bits per heavy atom. The Morgan fingerprint density at radius 1 is 1.42 bits per heavy atom. The van der Waals surface area contributed by atoms with Gasteiger partial charge in [-0.1, -0.05) is 26.0 Å². The predicted molar refractivity (Wildman–Crippen MR) is 76.9 cm³/mol. The van der Waals surface area contributed by atoms with Gasteiger partial charge in [-0.15, -0.1) is 0 Å². The highest BCUT2D eigenvalue weighted by molar-refractivity contribution is 5.82. The summed E-state index contributed by atoms with van der Waals surface area (Å²) in [5.41, 5.74) is 2.31. The zero-order chi connectivity index (χ0) is 13.8. The molecule has 0 aliphatic rings. The summed E-state index contributed by atoms with van der Waals surface area (Å²) >= 11 is 0. The molecule has 1 aromatic carbocycles. The highest BCUT2D eigenvalue weighted by Gasteiger charge is 2.07. The standard InChI is InChI=1S/C15H21N3O/c1-11(2)9-16-15(19)7-8-18-14-6-4-5-12(3)13(14)10-17-18/h4-6,10-11H,7-9H2,1-3H3,(H,16,19). The minimum atomic E-state index is 0.0880. The van der Waals surface area contributed by atoms with E-state index in [0.717, 1.165) is 17.4 Å². The van der Waals surface area contributed by atoms with E-state index in [0.29, 0.717) is 18.9 Å². The Bertz CT molecular complexity index is 572. The van der Waals surface area contributed by atoms with Crippen LogP contribution in [-0.4, -0.2) is 22.2 Å². The molecule has 0 aliphatic heterocycles. The third kappa shape index (κ3) is 3.34. The molecule has 0 saturated heterocycles. The van der Waals surface area contributed by atoms with Crippen LogP contribution in [0.5, 0.6) is 0 Å². The number of aryl methyl sites for hydroxylation is 2. The first-order chi connectivity index (χ1) is 9.08. The van der Waals surface area contributed by atoms with Crippen LogP contribution in [0, 0.1) is 12.8 Å². The summed E-state index contributed by atoms with van der Waals surface area (Å²) < 4.78 is 1.90. The molecule has 0 saturated carbocycles. The zero-order valence-electron chi connectivity index (χ0n) is 11.8. The molecule has 0 atom stereocenters. The van der Waals surface area contributed by atoms with Gasteiger partial charge in [0.05, 0.1) is 18.3 Å². The zero-order valence-corrected chi connectivity index (χ0v) is 11.8. The van der Waals surface area contributed by atoms with E-state index in [4.69, 9.17) is 0 Å². The van der Waals surface area contributed by atoms with Gasteiger partial charge in [0.15, 0.2) is 0 Å². The van der Waals surface area contributed by atoms with Gasteiger partial charge >= 0.3 is 0 Å². The average Bonchev–Trinajstić information content (AvgIpc) is 2.78. The third-order valence-corrected chi connectivity index (χ3v) is 3.16. The first kappa shape index (κ1) is 13.6. The van der Waals surface area contributed by atoms with Crippen molar-refractivity contribution >= 4 is 16.8 Å². The number of fused-ring (bicyclic) bond motifs is 1. The van der Waals surface area contributed by atoms with Crippen LogP contribution >= 0.6 is 0 Å². The Morgan fingerprint density at radius 3 is 2.95 bits per heavy atom. The van der Waals surface area contributed by atoms with Crippen molar-refractivity contribution in [1.29, 1.82) is 0 Å². The van der Waals surface area contributed by atoms with Crippen molar-refractivity contribution in [3.63, 3.8) is 0 Å². The minimum Gasteiger partial charge on any atom is -0.356 e. The lowest BCUT2D eigenvalue weighted by atomic mass is 10.1. The fourth-order valence-corrected chi connectivity index (χ4v) is 2.04. The maximum Gasteiger partial charge on any atom is 0.221 e. The maximum absolute atomic E-state index is 11.7. The molecule has 0 aliphatic carbocycles. The number of carbonyl (C=O) groups is 1. The Labute approximate surface area is 113 Å². The number of carbonyl (C=O) groups excluding carboxylic acids is 1. The van der Waals surface area contributed by atoms with Crippen molar-refractivity contribution in [2.24, 2.45) is 5.92 Å². The van der Waals surface area contributed by atoms with Crippen LogP contribution in [0.15, 0.2) is 24.4 Å². The van der Waals surface area contributed by atoms with Crippen LogP contribution in [0.2, 0.25) is 0 Å². The largest absolute Gasteiger partial charge is 0.356 e. The molecule has 0 bridgehead atoms. The van der Waals surface area contributed by atoms with Gasteiger partial charge in [-0.25, -0.2) is 0 Å². The Hall–Kier alpha value is -1.84. The van der Waals surface area contributed by atoms with Crippen molar-refractivity contribution in [1.82, 2.24) is 15.1 Å². The van der Waals surface area contributed by atoms with Gasteiger partial charge in [0, 0.05) is 18.4 Å². The first-order valence-corrected chi connectivity index (χ1v) is 6.75. The monoisotopic (exact) mass is 259 g/mol. The van der Waals surface area contributed by atoms with Gasteiger partial charge in [-0.3, -0.25) is 9.48 Å². The van der Waals surface area contributed by atoms with Crippen LogP contribution < -0.4 is 5.32 Å². The van der Waals surface area contributed by atoms with E-state index in [9.17, 15) is 4.79 Å². The van der Waals surface area contributed by atoms with E-state index < -0.39 is 0 Å². The Balaban J connectivity index is 1.99. The normalized spacial score (nSPS) is 11.2. The number of amides is 1. The van der Waals surface area contributed by atoms with Crippen molar-refractivity contribution in [2.75, 3.05) is 6.54 Å². The number of nitrogens with zero attached hydrogens (tertiary/aromatic N) is 2. The fraction of sp³-hybridized carbons (Fsp3) is 0.467. The molecule has 0 fully saturated rings. The molecule has 1 N–H and O–H groups in total. The van der Waals surface area contributed by atoms with E-state index in [2.05, 4.69) is 37.3 Å². The lowest BCUT2D eigenvalue weighted by molar-refractivity contribution is -0.121. The summed E-state index contributed by atoms with van der Waals surface area (Å²) in [5, 5.41) is 8.44. The topological polar surface area (TPSA) is 46.9 Å². The van der Waals surface area contributed by atoms with Gasteiger partial charge in [0.1, 0.15) is 0 Å². The molecule has 19 heavy (non-hydrogen) atoms. The molecule has 2 aromatic rings. The van der Waals surface area contributed by atoms with Gasteiger partial charge < -0.3 is 5.32 Å². The molecule has 0 unspecified atom stereocenters. The van der Waals surface area contributed by atoms with Crippen LogP contribution in [-0.2, 0) is 11.3 Å². The minimum absolute atomic E-state index is 0.0880. The smallest absolute Gasteiger partial charge is 0.221 e. The first-order valence-electron chi connectivity index (χ1n) is 6.75. The molecule has 4 heteroatoms. The summed E-state index contributed by atoms with van der Waals surface area (Å²) in [6.07, 6.45) is 2.34. The molecular formula is C15H21N3O. The number of nitrogens with one attached hydrogen (secondary N) is 1. The van der Waals surface area contributed by atoms with E-state index in [1.54, 1.807) is 0 Å². The van der Waals surface area contributed by atoms with Crippen molar-refractivity contribution < 1.29 is 4.79 Å². The number of aromatic nitrogens is 2. The quantitative estimate of drug-likeness (QED) is 0.896. The van der Waals surface area contributed by atoms with Crippen molar-refractivity contribution in [3.8, 4) is 0 Å². The third-order valence-electron chi connectivity index (χ3n) is 3.16. The summed E-state index contributed by atoms with van der Waals surface area (Å²) in [6.45, 7) is 7.60. The van der Waals surface area contributed by atoms with E-state index in [-0.39, 0.29) is 5.91 Å². The predicted octanol–water partition coefficient (Wildman–Crippen LogP) is 2.51. The summed E-state index contributed by atoms with van der Waals surface area (Å²) in [6, 6.07) is 6.14. The number of hydrogen-bond acceptors (Lipinski definition) is 2. The van der Waals surface area contributed by atoms with Gasteiger partial charge in [-0.05, 0) is 24.5 Å². The molecule has 1 aromatic heterocycles. The second-order valence-electron chi connectivity index (χ2n) is 5.32. The van der Waals surface area contributed by atoms with Crippen molar-refractivity contribution in [3.05, 3.63) is 30.0 Å². The molecule has 0 radical (unpaired) electrons. The van der Waals surface area contributed by atoms with Gasteiger partial charge in [0.2, 0.25) is 5.91 Å². The number of rotatable bonds is 5. The molecule has 1 amide bonds. The average molecular weight is 259 g/mol. The van der Waals surface area contributed by atoms with Crippen LogP contribution in [0.4, 0.5) is 0 Å². The van der Waals surface area contributed by atoms with E-state index in [1.165, 1.54) is 5.56 Å². The second-order valence-corrected chi connectivity index (χ2v) is 5.32. The summed E-state index contributed by atoms with van der Waals surface area (Å²) in [5.74, 6) is 0.571. The lowest BCUT2D eigenvalue weighted by Gasteiger charge is -2.08. The fourth-order valence-electron chi connectivity index (χ4n) is 2.04. The highest BCUT2D eigenvalue weighted by atomic mass is 16.1. The molecule has 1 heterocycles. The molecule has 4 nitrogen and oxygen atoms in total. The highest BCUT2D eigenvalue weighted by Crippen LogP contribution is 2.17.